The SMILES string of the molecule is CCCC1C=C(CO)C=CC1(O)c1ccccc1. The molecule has 0 radical (unpaired) electrons. The molecule has 2 rings (SSSR count). The third-order valence-corrected chi connectivity index (χ3v) is 3.55. The van der Waals surface area contributed by atoms with Crippen molar-refractivity contribution in [1.29, 1.82) is 0 Å². The smallest absolute Gasteiger partial charge is 0.114 e. The van der Waals surface area contributed by atoms with E-state index >= 15 is 0 Å². The van der Waals surface area contributed by atoms with Gasteiger partial charge in [0.25, 0.3) is 0 Å². The topological polar surface area (TPSA) is 40.5 Å². The van der Waals surface area contributed by atoms with E-state index in [-0.39, 0.29) is 12.5 Å². The van der Waals surface area contributed by atoms with Crippen LogP contribution in [0.4, 0.5) is 0 Å². The van der Waals surface area contributed by atoms with Gasteiger partial charge >= 0.3 is 0 Å². The van der Waals surface area contributed by atoms with Crippen molar-refractivity contribution in [2.75, 3.05) is 6.61 Å². The summed E-state index contributed by atoms with van der Waals surface area (Å²) in [5.74, 6) is 0.0250. The van der Waals surface area contributed by atoms with Gasteiger partial charge in [0.05, 0.1) is 6.61 Å². The van der Waals surface area contributed by atoms with Crippen molar-refractivity contribution < 1.29 is 10.2 Å². The van der Waals surface area contributed by atoms with Crippen LogP contribution in [0.3, 0.4) is 0 Å². The zero-order valence-electron chi connectivity index (χ0n) is 10.7. The van der Waals surface area contributed by atoms with E-state index in [4.69, 9.17) is 0 Å². The molecule has 0 amide bonds. The van der Waals surface area contributed by atoms with Crippen molar-refractivity contribution in [3.05, 3.63) is 59.7 Å². The molecule has 2 atom stereocenters. The van der Waals surface area contributed by atoms with Gasteiger partial charge in [-0.05, 0) is 23.6 Å². The second kappa shape index (κ2) is 5.51. The van der Waals surface area contributed by atoms with Crippen LogP contribution < -0.4 is 0 Å². The fourth-order valence-electron chi connectivity index (χ4n) is 2.53. The van der Waals surface area contributed by atoms with Gasteiger partial charge in [0, 0.05) is 5.92 Å². The van der Waals surface area contributed by atoms with Gasteiger partial charge in [-0.15, -0.1) is 0 Å². The average molecular weight is 244 g/mol. The van der Waals surface area contributed by atoms with Crippen molar-refractivity contribution >= 4 is 0 Å². The van der Waals surface area contributed by atoms with Crippen molar-refractivity contribution in [3.8, 4) is 0 Å². The van der Waals surface area contributed by atoms with Crippen molar-refractivity contribution in [2.45, 2.75) is 25.4 Å². The number of hydrogen-bond acceptors (Lipinski definition) is 2. The van der Waals surface area contributed by atoms with Crippen molar-refractivity contribution in [2.24, 2.45) is 5.92 Å². The molecule has 0 saturated carbocycles. The normalized spacial score (nSPS) is 27.1. The summed E-state index contributed by atoms with van der Waals surface area (Å²) in [4.78, 5) is 0. The summed E-state index contributed by atoms with van der Waals surface area (Å²) in [6, 6.07) is 9.73. The number of aliphatic hydroxyl groups is 2. The lowest BCUT2D eigenvalue weighted by Gasteiger charge is -2.35. The lowest BCUT2D eigenvalue weighted by molar-refractivity contribution is 0.0381. The van der Waals surface area contributed by atoms with Crippen LogP contribution in [-0.2, 0) is 5.60 Å². The van der Waals surface area contributed by atoms with E-state index < -0.39 is 5.60 Å². The van der Waals surface area contributed by atoms with E-state index in [1.165, 1.54) is 0 Å². The average Bonchev–Trinajstić information content (AvgIpc) is 2.42. The Morgan fingerprint density at radius 2 is 1.94 bits per heavy atom. The van der Waals surface area contributed by atoms with Gasteiger partial charge in [-0.25, -0.2) is 0 Å². The molecule has 1 aliphatic carbocycles. The Morgan fingerprint density at radius 1 is 1.22 bits per heavy atom. The maximum atomic E-state index is 10.9. The summed E-state index contributed by atoms with van der Waals surface area (Å²) in [5.41, 5.74) is 0.845. The molecule has 0 aliphatic heterocycles. The molecule has 2 nitrogen and oxygen atoms in total. The molecule has 0 saturated heterocycles. The van der Waals surface area contributed by atoms with Gasteiger partial charge in [-0.2, -0.15) is 0 Å². The molecule has 2 unspecified atom stereocenters. The third-order valence-electron chi connectivity index (χ3n) is 3.55. The lowest BCUT2D eigenvalue weighted by atomic mass is 9.75. The Bertz CT molecular complexity index is 447. The van der Waals surface area contributed by atoms with Gasteiger partial charge < -0.3 is 10.2 Å². The Morgan fingerprint density at radius 3 is 2.56 bits per heavy atom. The fraction of sp³-hybridized carbons (Fsp3) is 0.375. The fourth-order valence-corrected chi connectivity index (χ4v) is 2.53. The molecule has 0 fully saturated rings. The molecular formula is C16H20O2. The summed E-state index contributed by atoms with van der Waals surface area (Å²) in [6.45, 7) is 2.14. The lowest BCUT2D eigenvalue weighted by Crippen LogP contribution is -2.34. The quantitative estimate of drug-likeness (QED) is 0.855. The van der Waals surface area contributed by atoms with Crippen LogP contribution in [0.1, 0.15) is 25.3 Å². The van der Waals surface area contributed by atoms with E-state index in [1.54, 1.807) is 0 Å². The molecule has 96 valence electrons. The van der Waals surface area contributed by atoms with Crippen LogP contribution in [0, 0.1) is 5.92 Å². The molecule has 1 aromatic rings. The molecule has 0 heterocycles. The highest BCUT2D eigenvalue weighted by molar-refractivity contribution is 5.37. The van der Waals surface area contributed by atoms with Gasteiger partial charge in [-0.3, -0.25) is 0 Å². The first-order valence-electron chi connectivity index (χ1n) is 6.49. The molecule has 2 heteroatoms. The summed E-state index contributed by atoms with van der Waals surface area (Å²) >= 11 is 0. The predicted octanol–water partition coefficient (Wildman–Crippen LogP) is 2.78. The van der Waals surface area contributed by atoms with Crippen molar-refractivity contribution in [3.63, 3.8) is 0 Å². The molecule has 18 heavy (non-hydrogen) atoms. The number of aliphatic hydroxyl groups excluding tert-OH is 1. The Kier molecular flexibility index (Phi) is 4.00. The number of rotatable bonds is 4. The minimum absolute atomic E-state index is 0.0250. The van der Waals surface area contributed by atoms with E-state index in [1.807, 2.05) is 48.6 Å². The summed E-state index contributed by atoms with van der Waals surface area (Å²) in [5, 5.41) is 20.2. The first kappa shape index (κ1) is 13.1. The van der Waals surface area contributed by atoms with Crippen LogP contribution in [0.5, 0.6) is 0 Å². The molecule has 1 aromatic carbocycles. The predicted molar refractivity (Wildman–Crippen MR) is 73.0 cm³/mol. The summed E-state index contributed by atoms with van der Waals surface area (Å²) < 4.78 is 0. The van der Waals surface area contributed by atoms with Crippen LogP contribution in [0.25, 0.3) is 0 Å². The van der Waals surface area contributed by atoms with Crippen LogP contribution in [-0.4, -0.2) is 16.8 Å². The Labute approximate surface area is 108 Å². The molecule has 0 bridgehead atoms. The van der Waals surface area contributed by atoms with Crippen LogP contribution in [0.2, 0.25) is 0 Å². The monoisotopic (exact) mass is 244 g/mol. The minimum atomic E-state index is -0.948. The van der Waals surface area contributed by atoms with E-state index in [0.717, 1.165) is 24.0 Å². The van der Waals surface area contributed by atoms with Crippen LogP contribution >= 0.6 is 0 Å². The molecule has 0 spiro atoms. The first-order chi connectivity index (χ1) is 8.70. The first-order valence-corrected chi connectivity index (χ1v) is 6.49. The standard InChI is InChI=1S/C16H20O2/c1-2-6-15-11-13(12-17)9-10-16(15,18)14-7-4-3-5-8-14/h3-5,7-11,15,17-18H,2,6,12H2,1H3. The molecule has 0 aromatic heterocycles. The zero-order valence-corrected chi connectivity index (χ0v) is 10.7. The number of benzene rings is 1. The minimum Gasteiger partial charge on any atom is -0.392 e. The molecule has 2 N–H and O–H groups in total. The van der Waals surface area contributed by atoms with E-state index in [2.05, 4.69) is 6.92 Å². The second-order valence-electron chi connectivity index (χ2n) is 4.82. The maximum absolute atomic E-state index is 10.9. The second-order valence-corrected chi connectivity index (χ2v) is 4.82. The van der Waals surface area contributed by atoms with E-state index in [9.17, 15) is 10.2 Å². The maximum Gasteiger partial charge on any atom is 0.114 e. The van der Waals surface area contributed by atoms with E-state index in [0.29, 0.717) is 0 Å². The highest BCUT2D eigenvalue weighted by Gasteiger charge is 2.36. The summed E-state index contributed by atoms with van der Waals surface area (Å²) in [6.07, 6.45) is 7.53. The van der Waals surface area contributed by atoms with Gasteiger partial charge in [0.1, 0.15) is 5.60 Å². The van der Waals surface area contributed by atoms with Gasteiger partial charge in [0.15, 0.2) is 0 Å². The molecular weight excluding hydrogens is 224 g/mol. The number of hydrogen-bond donors (Lipinski definition) is 2. The van der Waals surface area contributed by atoms with Crippen LogP contribution in [0.15, 0.2) is 54.1 Å². The largest absolute Gasteiger partial charge is 0.392 e. The van der Waals surface area contributed by atoms with Crippen molar-refractivity contribution in [1.82, 2.24) is 0 Å². The zero-order chi connectivity index (χ0) is 13.0. The highest BCUT2D eigenvalue weighted by Crippen LogP contribution is 2.38. The summed E-state index contributed by atoms with van der Waals surface area (Å²) in [7, 11) is 0. The van der Waals surface area contributed by atoms with Gasteiger partial charge in [-0.1, -0.05) is 55.8 Å². The Hall–Kier alpha value is -1.38. The van der Waals surface area contributed by atoms with Gasteiger partial charge in [0.2, 0.25) is 0 Å². The molecule has 1 aliphatic rings. The third kappa shape index (κ3) is 2.40. The Balaban J connectivity index is 2.37. The highest BCUT2D eigenvalue weighted by atomic mass is 16.3.